The lowest BCUT2D eigenvalue weighted by Crippen LogP contribution is -2.23. The van der Waals surface area contributed by atoms with Crippen molar-refractivity contribution in [2.45, 2.75) is 80.1 Å². The fourth-order valence-corrected chi connectivity index (χ4v) is 5.45. The first kappa shape index (κ1) is 25.1. The molecule has 2 rings (SSSR count). The molecule has 0 saturated heterocycles. The van der Waals surface area contributed by atoms with E-state index >= 15 is 0 Å². The van der Waals surface area contributed by atoms with E-state index in [4.69, 9.17) is 12.2 Å². The largest absolute Gasteiger partial charge is 0.383 e. The highest BCUT2D eigenvalue weighted by Gasteiger charge is 2.16. The highest BCUT2D eigenvalue weighted by molar-refractivity contribution is 8.38. The van der Waals surface area contributed by atoms with E-state index in [0.29, 0.717) is 7.93 Å². The van der Waals surface area contributed by atoms with Crippen LogP contribution in [0.25, 0.3) is 0 Å². The second kappa shape index (κ2) is 12.6. The molecule has 30 heavy (non-hydrogen) atoms. The number of hydrogen-bond acceptors (Lipinski definition) is 3. The zero-order chi connectivity index (χ0) is 22.1. The molecular weight excluding hydrogens is 403 g/mol. The van der Waals surface area contributed by atoms with Crippen LogP contribution in [0.2, 0.25) is 0 Å². The molecule has 0 aliphatic carbocycles. The van der Waals surface area contributed by atoms with Crippen molar-refractivity contribution >= 4 is 31.6 Å². The average Bonchev–Trinajstić information content (AvgIpc) is 2.80. The Bertz CT molecular complexity index is 769. The zero-order valence-electron chi connectivity index (χ0n) is 19.9. The topological polar surface area (TPSA) is 15.3 Å². The van der Waals surface area contributed by atoms with Gasteiger partial charge in [-0.25, -0.2) is 0 Å². The highest BCUT2D eigenvalue weighted by Crippen LogP contribution is 2.37. The average molecular weight is 445 g/mol. The van der Waals surface area contributed by atoms with Crippen LogP contribution in [0.15, 0.2) is 24.3 Å². The predicted octanol–water partition coefficient (Wildman–Crippen LogP) is 7.42. The molecule has 1 N–H and O–H groups in total. The molecule has 0 fully saturated rings. The number of benzene rings is 2. The summed E-state index contributed by atoms with van der Waals surface area (Å²) in [6.07, 6.45) is 6.47. The predicted molar refractivity (Wildman–Crippen MR) is 142 cm³/mol. The van der Waals surface area contributed by atoms with Crippen LogP contribution in [-0.2, 0) is 38.5 Å². The van der Waals surface area contributed by atoms with Crippen molar-refractivity contribution in [1.82, 2.24) is 0 Å². The van der Waals surface area contributed by atoms with Crippen molar-refractivity contribution in [2.75, 3.05) is 23.1 Å². The van der Waals surface area contributed by atoms with Crippen LogP contribution in [0.5, 0.6) is 0 Å². The lowest BCUT2D eigenvalue weighted by Gasteiger charge is -2.29. The van der Waals surface area contributed by atoms with E-state index in [0.717, 1.165) is 51.6 Å². The van der Waals surface area contributed by atoms with Gasteiger partial charge in [-0.1, -0.05) is 65.8 Å². The van der Waals surface area contributed by atoms with E-state index in [2.05, 4.69) is 75.8 Å². The Labute approximate surface area is 192 Å². The van der Waals surface area contributed by atoms with Crippen molar-refractivity contribution in [1.29, 1.82) is 0 Å². The fraction of sp³-hybridized carbons (Fsp3) is 0.538. The van der Waals surface area contributed by atoms with Crippen LogP contribution in [0.1, 0.15) is 74.9 Å². The van der Waals surface area contributed by atoms with Gasteiger partial charge in [-0.05, 0) is 71.9 Å². The Morgan fingerprint density at radius 3 is 1.50 bits per heavy atom. The third-order valence-corrected chi connectivity index (χ3v) is 7.47. The number of rotatable bonds is 12. The Morgan fingerprint density at radius 2 is 1.13 bits per heavy atom. The maximum atomic E-state index is 4.74. The third kappa shape index (κ3) is 5.95. The van der Waals surface area contributed by atoms with Gasteiger partial charge in [0.1, 0.15) is 0 Å². The van der Waals surface area contributed by atoms with Crippen LogP contribution in [0.4, 0.5) is 11.4 Å². The number of thiol groups is 1. The molecule has 0 aliphatic rings. The lowest BCUT2D eigenvalue weighted by molar-refractivity contribution is 0.957. The number of nitrogens with zero attached hydrogens (tertiary/aromatic N) is 1. The normalized spacial score (nSPS) is 11.4. The molecule has 0 radical (unpaired) electrons. The molecule has 4 heteroatoms. The molecule has 0 aromatic heterocycles. The number of hydrogen-bond donors (Lipinski definition) is 2. The molecule has 166 valence electrons. The van der Waals surface area contributed by atoms with Crippen molar-refractivity contribution in [2.24, 2.45) is 0 Å². The van der Waals surface area contributed by atoms with Crippen molar-refractivity contribution < 1.29 is 0 Å². The van der Waals surface area contributed by atoms with E-state index in [9.17, 15) is 0 Å². The summed E-state index contributed by atoms with van der Waals surface area (Å²) in [7, 11) is 0.471. The number of anilines is 2. The summed E-state index contributed by atoms with van der Waals surface area (Å²) >= 11 is 4.74. The van der Waals surface area contributed by atoms with E-state index in [1.807, 2.05) is 0 Å². The zero-order valence-corrected chi connectivity index (χ0v) is 21.8. The third-order valence-electron chi connectivity index (χ3n) is 6.06. The minimum absolute atomic E-state index is 0.471. The summed E-state index contributed by atoms with van der Waals surface area (Å²) in [6.45, 7) is 15.5. The molecular formula is C26H41N2PS. The van der Waals surface area contributed by atoms with Gasteiger partial charge in [0.05, 0.1) is 0 Å². The van der Waals surface area contributed by atoms with Crippen LogP contribution < -0.4 is 9.99 Å². The van der Waals surface area contributed by atoms with E-state index in [1.54, 1.807) is 0 Å². The molecule has 2 aromatic rings. The first-order valence-electron chi connectivity index (χ1n) is 11.8. The van der Waals surface area contributed by atoms with E-state index in [1.165, 1.54) is 44.8 Å². The van der Waals surface area contributed by atoms with Gasteiger partial charge in [-0.15, -0.1) is 12.2 Å². The highest BCUT2D eigenvalue weighted by atomic mass is 32.7. The van der Waals surface area contributed by atoms with Crippen LogP contribution in [-0.4, -0.2) is 13.1 Å². The molecule has 2 aromatic carbocycles. The molecule has 0 saturated carbocycles. The molecule has 0 aliphatic heterocycles. The quantitative estimate of drug-likeness (QED) is 0.262. The Kier molecular flexibility index (Phi) is 10.6. The molecule has 0 heterocycles. The SMILES string of the molecule is CCc1cc(CC)c(NCCN(PS)c2c(CC)cc(CC)cc2CC)c(CC)c1. The van der Waals surface area contributed by atoms with Crippen LogP contribution in [0, 0.1) is 0 Å². The van der Waals surface area contributed by atoms with Gasteiger partial charge in [0.15, 0.2) is 0 Å². The first-order chi connectivity index (χ1) is 14.6. The summed E-state index contributed by atoms with van der Waals surface area (Å²) in [5.74, 6) is 0. The van der Waals surface area contributed by atoms with Crippen molar-refractivity contribution in [3.63, 3.8) is 0 Å². The molecule has 1 unspecified atom stereocenters. The summed E-state index contributed by atoms with van der Waals surface area (Å²) < 4.78 is 2.48. The summed E-state index contributed by atoms with van der Waals surface area (Å²) in [4.78, 5) is 0. The Hall–Kier alpha value is -1.18. The minimum atomic E-state index is 0.471. The Balaban J connectivity index is 2.25. The molecule has 2 nitrogen and oxygen atoms in total. The number of nitrogens with one attached hydrogen (secondary N) is 1. The second-order valence-corrected chi connectivity index (χ2v) is 9.19. The summed E-state index contributed by atoms with van der Waals surface area (Å²) in [6, 6.07) is 9.56. The maximum absolute atomic E-state index is 4.74. The van der Waals surface area contributed by atoms with Gasteiger partial charge in [0.2, 0.25) is 0 Å². The fourth-order valence-electron chi connectivity index (χ4n) is 4.26. The maximum Gasteiger partial charge on any atom is 0.0468 e. The first-order valence-corrected chi connectivity index (χ1v) is 14.0. The molecule has 0 bridgehead atoms. The van der Waals surface area contributed by atoms with E-state index in [-0.39, 0.29) is 0 Å². The Morgan fingerprint density at radius 1 is 0.700 bits per heavy atom. The lowest BCUT2D eigenvalue weighted by atomic mass is 9.97. The van der Waals surface area contributed by atoms with Crippen molar-refractivity contribution in [3.8, 4) is 0 Å². The molecule has 1 atom stereocenters. The van der Waals surface area contributed by atoms with Gasteiger partial charge in [-0.2, -0.15) is 0 Å². The molecule has 0 spiro atoms. The van der Waals surface area contributed by atoms with Gasteiger partial charge < -0.3 is 9.99 Å². The van der Waals surface area contributed by atoms with Gasteiger partial charge in [-0.3, -0.25) is 0 Å². The monoisotopic (exact) mass is 444 g/mol. The number of aryl methyl sites for hydroxylation is 6. The standard InChI is InChI=1S/C26H41N2PS/c1-7-19-15-21(9-3)25(22(10-4)16-19)27-13-14-28(29-30)26-23(11-5)17-20(8-2)18-24(26)12-6/h15-18,27,29-30H,7-14H2,1-6H3. The van der Waals surface area contributed by atoms with Crippen LogP contribution >= 0.6 is 20.2 Å². The van der Waals surface area contributed by atoms with Crippen molar-refractivity contribution in [3.05, 3.63) is 57.6 Å². The summed E-state index contributed by atoms with van der Waals surface area (Å²) in [5, 5.41) is 3.80. The second-order valence-electron chi connectivity index (χ2n) is 7.85. The van der Waals surface area contributed by atoms with E-state index < -0.39 is 0 Å². The van der Waals surface area contributed by atoms with Gasteiger partial charge in [0, 0.05) is 32.4 Å². The minimum Gasteiger partial charge on any atom is -0.383 e. The van der Waals surface area contributed by atoms with Gasteiger partial charge in [0.25, 0.3) is 0 Å². The summed E-state index contributed by atoms with van der Waals surface area (Å²) in [5.41, 5.74) is 11.5. The van der Waals surface area contributed by atoms with Gasteiger partial charge >= 0.3 is 0 Å². The van der Waals surface area contributed by atoms with Crippen LogP contribution in [0.3, 0.4) is 0 Å². The smallest absolute Gasteiger partial charge is 0.0468 e. The molecule has 0 amide bonds.